The monoisotopic (exact) mass is 416 g/mol. The van der Waals surface area contributed by atoms with Crippen molar-refractivity contribution in [3.8, 4) is 28.4 Å². The minimum atomic E-state index is -0.483. The van der Waals surface area contributed by atoms with Crippen molar-refractivity contribution >= 4 is 16.9 Å². The standard InChI is InChI=1S/C25H20O6/c1-15-4-6-16(7-5-15)25(27)31-18-9-10-19-22(13-18)30-14-20(24(19)26)17-8-11-21(28-2)23(12-17)29-3/h4-14H,1-3H3. The van der Waals surface area contributed by atoms with E-state index in [0.717, 1.165) is 5.56 Å². The lowest BCUT2D eigenvalue weighted by Gasteiger charge is -2.10. The van der Waals surface area contributed by atoms with Crippen molar-refractivity contribution in [2.45, 2.75) is 6.92 Å². The third kappa shape index (κ3) is 4.00. The molecular weight excluding hydrogens is 396 g/mol. The van der Waals surface area contributed by atoms with Crippen LogP contribution in [0.25, 0.3) is 22.1 Å². The van der Waals surface area contributed by atoms with Crippen LogP contribution in [0.1, 0.15) is 15.9 Å². The number of methoxy groups -OCH3 is 2. The summed E-state index contributed by atoms with van der Waals surface area (Å²) < 4.78 is 21.7. The Morgan fingerprint density at radius 2 is 1.61 bits per heavy atom. The average molecular weight is 416 g/mol. The van der Waals surface area contributed by atoms with E-state index in [0.29, 0.717) is 44.9 Å². The molecule has 1 aromatic heterocycles. The van der Waals surface area contributed by atoms with Gasteiger partial charge >= 0.3 is 5.97 Å². The Bertz CT molecular complexity index is 1320. The normalized spacial score (nSPS) is 10.7. The van der Waals surface area contributed by atoms with Crippen LogP contribution >= 0.6 is 0 Å². The van der Waals surface area contributed by atoms with Crippen molar-refractivity contribution in [1.29, 1.82) is 0 Å². The van der Waals surface area contributed by atoms with Gasteiger partial charge in [-0.1, -0.05) is 23.8 Å². The summed E-state index contributed by atoms with van der Waals surface area (Å²) in [5.74, 6) is 0.887. The van der Waals surface area contributed by atoms with Gasteiger partial charge in [0.15, 0.2) is 16.9 Å². The summed E-state index contributed by atoms with van der Waals surface area (Å²) in [7, 11) is 3.08. The van der Waals surface area contributed by atoms with Crippen LogP contribution in [0.15, 0.2) is 76.1 Å². The molecule has 0 aliphatic heterocycles. The van der Waals surface area contributed by atoms with Crippen LogP contribution in [0.4, 0.5) is 0 Å². The minimum Gasteiger partial charge on any atom is -0.493 e. The lowest BCUT2D eigenvalue weighted by Crippen LogP contribution is -2.09. The number of ether oxygens (including phenoxy) is 3. The molecule has 0 spiro atoms. The van der Waals surface area contributed by atoms with Crippen molar-refractivity contribution in [2.24, 2.45) is 0 Å². The second-order valence-corrected chi connectivity index (χ2v) is 6.96. The van der Waals surface area contributed by atoms with Crippen molar-refractivity contribution in [3.63, 3.8) is 0 Å². The number of carbonyl (C=O) groups excluding carboxylic acids is 1. The van der Waals surface area contributed by atoms with E-state index in [1.54, 1.807) is 49.6 Å². The first-order chi connectivity index (χ1) is 15.0. The molecule has 4 rings (SSSR count). The van der Waals surface area contributed by atoms with Crippen molar-refractivity contribution in [1.82, 2.24) is 0 Å². The highest BCUT2D eigenvalue weighted by atomic mass is 16.5. The van der Waals surface area contributed by atoms with E-state index >= 15 is 0 Å². The Morgan fingerprint density at radius 1 is 0.871 bits per heavy atom. The Kier molecular flexibility index (Phi) is 5.45. The number of aryl methyl sites for hydroxylation is 1. The van der Waals surface area contributed by atoms with Crippen molar-refractivity contribution in [2.75, 3.05) is 14.2 Å². The van der Waals surface area contributed by atoms with Crippen LogP contribution in [0.3, 0.4) is 0 Å². The number of hydrogen-bond acceptors (Lipinski definition) is 6. The maximum atomic E-state index is 13.0. The molecule has 0 aliphatic rings. The lowest BCUT2D eigenvalue weighted by atomic mass is 10.0. The van der Waals surface area contributed by atoms with E-state index in [2.05, 4.69) is 0 Å². The predicted octanol–water partition coefficient (Wildman–Crippen LogP) is 5.00. The summed E-state index contributed by atoms with van der Waals surface area (Å²) in [5, 5.41) is 0.377. The highest BCUT2D eigenvalue weighted by Crippen LogP contribution is 2.32. The zero-order chi connectivity index (χ0) is 22.0. The van der Waals surface area contributed by atoms with Gasteiger partial charge in [-0.15, -0.1) is 0 Å². The Hall–Kier alpha value is -4.06. The summed E-state index contributed by atoms with van der Waals surface area (Å²) >= 11 is 0. The number of fused-ring (bicyclic) bond motifs is 1. The molecule has 0 atom stereocenters. The number of esters is 1. The van der Waals surface area contributed by atoms with E-state index in [-0.39, 0.29) is 5.43 Å². The molecular formula is C25H20O6. The molecule has 0 amide bonds. The molecule has 0 saturated carbocycles. The molecule has 0 saturated heterocycles. The molecule has 0 unspecified atom stereocenters. The lowest BCUT2D eigenvalue weighted by molar-refractivity contribution is 0.0735. The SMILES string of the molecule is COc1ccc(-c2coc3cc(OC(=O)c4ccc(C)cc4)ccc3c2=O)cc1OC. The average Bonchev–Trinajstić information content (AvgIpc) is 2.79. The Balaban J connectivity index is 1.66. The van der Waals surface area contributed by atoms with E-state index in [1.807, 2.05) is 19.1 Å². The highest BCUT2D eigenvalue weighted by molar-refractivity contribution is 5.92. The molecule has 4 aromatic rings. The van der Waals surface area contributed by atoms with Gasteiger partial charge in [0.05, 0.1) is 30.7 Å². The third-order valence-electron chi connectivity index (χ3n) is 4.94. The van der Waals surface area contributed by atoms with Gasteiger partial charge in [-0.3, -0.25) is 4.79 Å². The first-order valence-electron chi connectivity index (χ1n) is 9.57. The Morgan fingerprint density at radius 3 is 2.32 bits per heavy atom. The molecule has 0 N–H and O–H groups in total. The van der Waals surface area contributed by atoms with Crippen LogP contribution in [-0.4, -0.2) is 20.2 Å². The van der Waals surface area contributed by atoms with Crippen LogP contribution in [0, 0.1) is 6.92 Å². The summed E-state index contributed by atoms with van der Waals surface area (Å²) in [5.41, 5.74) is 2.64. The van der Waals surface area contributed by atoms with E-state index in [9.17, 15) is 9.59 Å². The third-order valence-corrected chi connectivity index (χ3v) is 4.94. The van der Waals surface area contributed by atoms with E-state index in [4.69, 9.17) is 18.6 Å². The van der Waals surface area contributed by atoms with Gasteiger partial charge < -0.3 is 18.6 Å². The van der Waals surface area contributed by atoms with Crippen LogP contribution in [-0.2, 0) is 0 Å². The summed E-state index contributed by atoms with van der Waals surface area (Å²) in [6, 6.07) is 17.0. The minimum absolute atomic E-state index is 0.204. The second kappa shape index (κ2) is 8.36. The summed E-state index contributed by atoms with van der Waals surface area (Å²) in [4.78, 5) is 25.4. The molecule has 0 fully saturated rings. The van der Waals surface area contributed by atoms with Gasteiger partial charge in [-0.25, -0.2) is 4.79 Å². The highest BCUT2D eigenvalue weighted by Gasteiger charge is 2.14. The van der Waals surface area contributed by atoms with Crippen LogP contribution < -0.4 is 19.6 Å². The first kappa shape index (κ1) is 20.2. The Labute approximate surface area is 178 Å². The fourth-order valence-corrected chi connectivity index (χ4v) is 3.23. The zero-order valence-electron chi connectivity index (χ0n) is 17.3. The quantitative estimate of drug-likeness (QED) is 0.336. The smallest absolute Gasteiger partial charge is 0.343 e. The van der Waals surface area contributed by atoms with Gasteiger partial charge in [-0.05, 0) is 48.9 Å². The number of carbonyl (C=O) groups is 1. The largest absolute Gasteiger partial charge is 0.493 e. The molecule has 6 heteroatoms. The van der Waals surface area contributed by atoms with Crippen molar-refractivity contribution in [3.05, 3.63) is 88.3 Å². The molecule has 0 radical (unpaired) electrons. The summed E-state index contributed by atoms with van der Waals surface area (Å²) in [6.45, 7) is 1.94. The molecule has 3 aromatic carbocycles. The number of hydrogen-bond donors (Lipinski definition) is 0. The predicted molar refractivity (Wildman–Crippen MR) is 117 cm³/mol. The molecule has 156 valence electrons. The topological polar surface area (TPSA) is 75.0 Å². The molecule has 0 bridgehead atoms. The van der Waals surface area contributed by atoms with Gasteiger partial charge in [0, 0.05) is 6.07 Å². The second-order valence-electron chi connectivity index (χ2n) is 6.96. The zero-order valence-corrected chi connectivity index (χ0v) is 17.3. The van der Waals surface area contributed by atoms with E-state index < -0.39 is 5.97 Å². The molecule has 0 aliphatic carbocycles. The molecule has 6 nitrogen and oxygen atoms in total. The van der Waals surface area contributed by atoms with Gasteiger partial charge in [0.1, 0.15) is 17.6 Å². The summed E-state index contributed by atoms with van der Waals surface area (Å²) in [6.07, 6.45) is 1.39. The molecule has 31 heavy (non-hydrogen) atoms. The fraction of sp³-hybridized carbons (Fsp3) is 0.120. The molecule has 1 heterocycles. The van der Waals surface area contributed by atoms with Crippen molar-refractivity contribution < 1.29 is 23.4 Å². The van der Waals surface area contributed by atoms with E-state index in [1.165, 1.54) is 19.4 Å². The van der Waals surface area contributed by atoms with Crippen LogP contribution in [0.5, 0.6) is 17.2 Å². The fourth-order valence-electron chi connectivity index (χ4n) is 3.23. The maximum Gasteiger partial charge on any atom is 0.343 e. The first-order valence-corrected chi connectivity index (χ1v) is 9.57. The van der Waals surface area contributed by atoms with Gasteiger partial charge in [0.2, 0.25) is 0 Å². The number of rotatable bonds is 5. The number of benzene rings is 3. The van der Waals surface area contributed by atoms with Gasteiger partial charge in [0.25, 0.3) is 0 Å². The maximum absolute atomic E-state index is 13.0. The van der Waals surface area contributed by atoms with Gasteiger partial charge in [-0.2, -0.15) is 0 Å². The van der Waals surface area contributed by atoms with Crippen LogP contribution in [0.2, 0.25) is 0 Å².